The highest BCUT2D eigenvalue weighted by molar-refractivity contribution is 5.30. The number of nitrogens with one attached hydrogen (secondary N) is 1. The lowest BCUT2D eigenvalue weighted by Crippen LogP contribution is -2.38. The third-order valence-corrected chi connectivity index (χ3v) is 4.71. The molecule has 1 heteroatoms. The molecule has 0 aliphatic carbocycles. The summed E-state index contributed by atoms with van der Waals surface area (Å²) in [6.45, 7) is 12.5. The quantitative estimate of drug-likeness (QED) is 0.605. The van der Waals surface area contributed by atoms with Crippen molar-refractivity contribution in [2.24, 2.45) is 5.92 Å². The van der Waals surface area contributed by atoms with Gasteiger partial charge in [0.15, 0.2) is 0 Å². The van der Waals surface area contributed by atoms with Crippen molar-refractivity contribution >= 4 is 0 Å². The summed E-state index contributed by atoms with van der Waals surface area (Å²) in [6.07, 6.45) is 7.69. The van der Waals surface area contributed by atoms with Crippen LogP contribution in [0.1, 0.15) is 69.6 Å². The maximum absolute atomic E-state index is 3.81. The highest BCUT2D eigenvalue weighted by Gasteiger charge is 2.19. The van der Waals surface area contributed by atoms with Crippen LogP contribution >= 0.6 is 0 Å². The first kappa shape index (κ1) is 18.2. The summed E-state index contributed by atoms with van der Waals surface area (Å²) in [4.78, 5) is 0. The lowest BCUT2D eigenvalue weighted by Gasteiger charge is -2.28. The summed E-state index contributed by atoms with van der Waals surface area (Å²) < 4.78 is 0. The molecule has 1 rings (SSSR count). The average Bonchev–Trinajstić information content (AvgIpc) is 2.48. The van der Waals surface area contributed by atoms with Crippen molar-refractivity contribution in [2.75, 3.05) is 6.54 Å². The average molecular weight is 290 g/mol. The summed E-state index contributed by atoms with van der Waals surface area (Å²) in [5, 5.41) is 3.81. The molecule has 0 saturated carbocycles. The molecule has 0 heterocycles. The molecule has 0 bridgehead atoms. The van der Waals surface area contributed by atoms with Crippen LogP contribution in [0.3, 0.4) is 0 Å². The smallest absolute Gasteiger partial charge is 0.0136 e. The van der Waals surface area contributed by atoms with E-state index in [-0.39, 0.29) is 0 Å². The number of hydrogen-bond donors (Lipinski definition) is 1. The van der Waals surface area contributed by atoms with Gasteiger partial charge in [0.25, 0.3) is 0 Å². The van der Waals surface area contributed by atoms with Gasteiger partial charge in [-0.15, -0.1) is 0 Å². The first-order chi connectivity index (χ1) is 10.1. The Kier molecular flexibility index (Phi) is 8.68. The molecule has 1 nitrogen and oxygen atoms in total. The van der Waals surface area contributed by atoms with Crippen molar-refractivity contribution in [1.29, 1.82) is 0 Å². The van der Waals surface area contributed by atoms with Crippen LogP contribution in [-0.4, -0.2) is 12.6 Å². The number of rotatable bonds is 10. The highest BCUT2D eigenvalue weighted by Crippen LogP contribution is 2.21. The van der Waals surface area contributed by atoms with Gasteiger partial charge in [0, 0.05) is 6.04 Å². The molecule has 1 aromatic rings. The van der Waals surface area contributed by atoms with Crippen LogP contribution in [0.25, 0.3) is 0 Å². The second-order valence-corrected chi connectivity index (χ2v) is 6.49. The minimum atomic E-state index is 0.628. The topological polar surface area (TPSA) is 12.0 Å². The lowest BCUT2D eigenvalue weighted by molar-refractivity contribution is 0.315. The molecule has 2 unspecified atom stereocenters. The molecule has 2 atom stereocenters. The third kappa shape index (κ3) is 6.22. The maximum Gasteiger partial charge on any atom is 0.0136 e. The fraction of sp³-hybridized carbons (Fsp3) is 0.700. The van der Waals surface area contributed by atoms with E-state index in [4.69, 9.17) is 0 Å². The van der Waals surface area contributed by atoms with Crippen LogP contribution in [0, 0.1) is 19.8 Å². The highest BCUT2D eigenvalue weighted by atomic mass is 14.9. The summed E-state index contributed by atoms with van der Waals surface area (Å²) in [5.74, 6) is 0.804. The van der Waals surface area contributed by atoms with Gasteiger partial charge in [0.1, 0.15) is 0 Å². The zero-order valence-electron chi connectivity index (χ0n) is 14.8. The summed E-state index contributed by atoms with van der Waals surface area (Å²) in [6, 6.07) is 7.59. The van der Waals surface area contributed by atoms with Gasteiger partial charge in [0.05, 0.1) is 0 Å². The Morgan fingerprint density at radius 2 is 1.76 bits per heavy atom. The first-order valence-electron chi connectivity index (χ1n) is 8.91. The lowest BCUT2D eigenvalue weighted by atomic mass is 9.87. The second kappa shape index (κ2) is 10.00. The predicted octanol–water partition coefficient (Wildman–Crippen LogP) is 5.43. The minimum absolute atomic E-state index is 0.628. The van der Waals surface area contributed by atoms with E-state index in [2.05, 4.69) is 58.1 Å². The summed E-state index contributed by atoms with van der Waals surface area (Å²) >= 11 is 0. The summed E-state index contributed by atoms with van der Waals surface area (Å²) in [5.41, 5.74) is 4.31. The van der Waals surface area contributed by atoms with Gasteiger partial charge in [-0.25, -0.2) is 0 Å². The Labute approximate surface area is 132 Å². The molecule has 0 saturated heterocycles. The largest absolute Gasteiger partial charge is 0.313 e. The second-order valence-electron chi connectivity index (χ2n) is 6.49. The predicted molar refractivity (Wildman–Crippen MR) is 95.0 cm³/mol. The van der Waals surface area contributed by atoms with Gasteiger partial charge in [-0.3, -0.25) is 0 Å². The molecule has 21 heavy (non-hydrogen) atoms. The first-order valence-corrected chi connectivity index (χ1v) is 8.91. The Morgan fingerprint density at radius 1 is 1.00 bits per heavy atom. The maximum atomic E-state index is 3.81. The van der Waals surface area contributed by atoms with Gasteiger partial charge in [-0.1, -0.05) is 58.2 Å². The fourth-order valence-corrected chi connectivity index (χ4v) is 3.08. The third-order valence-electron chi connectivity index (χ3n) is 4.71. The normalized spacial score (nSPS) is 14.1. The van der Waals surface area contributed by atoms with Gasteiger partial charge in [0.2, 0.25) is 0 Å². The van der Waals surface area contributed by atoms with Crippen LogP contribution in [0.15, 0.2) is 18.2 Å². The molecule has 120 valence electrons. The van der Waals surface area contributed by atoms with E-state index in [1.54, 1.807) is 0 Å². The molecular formula is C20H35N. The van der Waals surface area contributed by atoms with Crippen LogP contribution in [0.4, 0.5) is 0 Å². The molecule has 0 radical (unpaired) electrons. The van der Waals surface area contributed by atoms with Crippen LogP contribution < -0.4 is 5.32 Å². The molecule has 1 aromatic carbocycles. The standard InChI is InChI=1S/C20H35N/c1-6-9-10-19(8-3)20(21-13-7-2)15-18-12-11-16(4)17(5)14-18/h11-12,14,19-21H,6-10,13,15H2,1-5H3. The zero-order valence-corrected chi connectivity index (χ0v) is 14.8. The van der Waals surface area contributed by atoms with E-state index in [9.17, 15) is 0 Å². The molecule has 1 N–H and O–H groups in total. The SMILES string of the molecule is CCCCC(CC)C(Cc1ccc(C)c(C)c1)NCCC. The summed E-state index contributed by atoms with van der Waals surface area (Å²) in [7, 11) is 0. The van der Waals surface area contributed by atoms with Crippen molar-refractivity contribution in [3.8, 4) is 0 Å². The van der Waals surface area contributed by atoms with E-state index < -0.39 is 0 Å². The monoisotopic (exact) mass is 289 g/mol. The number of benzene rings is 1. The number of aryl methyl sites for hydroxylation is 2. The van der Waals surface area contributed by atoms with Crippen LogP contribution in [0.2, 0.25) is 0 Å². The molecule has 0 spiro atoms. The molecular weight excluding hydrogens is 254 g/mol. The molecule has 0 aliphatic rings. The van der Waals surface area contributed by atoms with Gasteiger partial charge in [-0.05, 0) is 62.3 Å². The van der Waals surface area contributed by atoms with Gasteiger partial charge < -0.3 is 5.32 Å². The van der Waals surface area contributed by atoms with Crippen molar-refractivity contribution in [3.05, 3.63) is 34.9 Å². The van der Waals surface area contributed by atoms with Gasteiger partial charge >= 0.3 is 0 Å². The number of unbranched alkanes of at least 4 members (excludes halogenated alkanes) is 1. The molecule has 0 fully saturated rings. The Bertz CT molecular complexity index is 397. The van der Waals surface area contributed by atoms with Crippen molar-refractivity contribution in [3.63, 3.8) is 0 Å². The molecule has 0 aliphatic heterocycles. The Balaban J connectivity index is 2.77. The van der Waals surface area contributed by atoms with Crippen molar-refractivity contribution in [1.82, 2.24) is 5.32 Å². The van der Waals surface area contributed by atoms with Crippen molar-refractivity contribution < 1.29 is 0 Å². The zero-order chi connectivity index (χ0) is 15.7. The van der Waals surface area contributed by atoms with Crippen LogP contribution in [0.5, 0.6) is 0 Å². The molecule has 0 amide bonds. The Hall–Kier alpha value is -0.820. The minimum Gasteiger partial charge on any atom is -0.313 e. The van der Waals surface area contributed by atoms with E-state index in [1.807, 2.05) is 0 Å². The van der Waals surface area contributed by atoms with Crippen LogP contribution in [-0.2, 0) is 6.42 Å². The molecule has 0 aromatic heterocycles. The Morgan fingerprint density at radius 3 is 2.33 bits per heavy atom. The number of hydrogen-bond acceptors (Lipinski definition) is 1. The van der Waals surface area contributed by atoms with E-state index >= 15 is 0 Å². The van der Waals surface area contributed by atoms with E-state index in [0.29, 0.717) is 6.04 Å². The van der Waals surface area contributed by atoms with E-state index in [1.165, 1.54) is 55.2 Å². The fourth-order valence-electron chi connectivity index (χ4n) is 3.08. The van der Waals surface area contributed by atoms with E-state index in [0.717, 1.165) is 12.5 Å². The van der Waals surface area contributed by atoms with Crippen molar-refractivity contribution in [2.45, 2.75) is 79.2 Å². The van der Waals surface area contributed by atoms with Gasteiger partial charge in [-0.2, -0.15) is 0 Å².